The number of benzene rings is 2. The van der Waals surface area contributed by atoms with Gasteiger partial charge in [0.05, 0.1) is 36.1 Å². The van der Waals surface area contributed by atoms with E-state index in [-0.39, 0.29) is 23.2 Å². The van der Waals surface area contributed by atoms with Crippen molar-refractivity contribution < 1.29 is 26.3 Å². The lowest BCUT2D eigenvalue weighted by molar-refractivity contribution is 0.412. The number of hydrogen-bond donors (Lipinski definition) is 0. The molecule has 6 heterocycles. The minimum Gasteiger partial charge on any atom is -0.495 e. The normalized spacial score (nSPS) is 13.4. The summed E-state index contributed by atoms with van der Waals surface area (Å²) in [6.45, 7) is 14.6. The highest BCUT2D eigenvalue weighted by Gasteiger charge is 2.34. The molecule has 0 fully saturated rings. The van der Waals surface area contributed by atoms with Crippen LogP contribution in [-0.4, -0.2) is 101 Å². The predicted octanol–water partition coefficient (Wildman–Crippen LogP) is 7.70. The lowest BCUT2D eigenvalue weighted by Gasteiger charge is -2.20. The van der Waals surface area contributed by atoms with Crippen LogP contribution in [0, 0.1) is 27.7 Å². The maximum absolute atomic E-state index is 13.5. The van der Waals surface area contributed by atoms with E-state index in [4.69, 9.17) is 9.47 Å². The van der Waals surface area contributed by atoms with Gasteiger partial charge in [-0.2, -0.15) is 0 Å². The number of hydrogen-bond acceptors (Lipinski definition) is 16. The van der Waals surface area contributed by atoms with Crippen molar-refractivity contribution in [3.05, 3.63) is 156 Å². The highest BCUT2D eigenvalue weighted by molar-refractivity contribution is 7.91. The Hall–Kier alpha value is -7.32. The number of sulfone groups is 2. The molecule has 6 aromatic heterocycles. The lowest BCUT2D eigenvalue weighted by Crippen LogP contribution is -2.27. The third-order valence-electron chi connectivity index (χ3n) is 12.0. The van der Waals surface area contributed by atoms with E-state index in [2.05, 4.69) is 50.3 Å². The summed E-state index contributed by atoms with van der Waals surface area (Å²) >= 11 is 0. The summed E-state index contributed by atoms with van der Waals surface area (Å²) < 4.78 is 68.7. The zero-order chi connectivity index (χ0) is 50.3. The number of nitrogens with zero attached hydrogens (tertiary/aromatic N) is 12. The molecule has 2 aromatic carbocycles. The van der Waals surface area contributed by atoms with Gasteiger partial charge in [0.15, 0.2) is 43.0 Å². The van der Waals surface area contributed by atoms with Crippen LogP contribution in [0.2, 0.25) is 0 Å². The third-order valence-corrected chi connectivity index (χ3v) is 16.4. The highest BCUT2D eigenvalue weighted by atomic mass is 32.2. The van der Waals surface area contributed by atoms with E-state index < -0.39 is 42.0 Å². The molecule has 0 N–H and O–H groups in total. The van der Waals surface area contributed by atoms with E-state index >= 15 is 0 Å². The van der Waals surface area contributed by atoms with Crippen LogP contribution in [0.4, 0.5) is 0 Å². The van der Waals surface area contributed by atoms with Crippen LogP contribution in [0.1, 0.15) is 85.1 Å². The van der Waals surface area contributed by atoms with Gasteiger partial charge in [-0.25, -0.2) is 36.8 Å². The second kappa shape index (κ2) is 21.5. The van der Waals surface area contributed by atoms with Gasteiger partial charge in [0.25, 0.3) is 0 Å². The van der Waals surface area contributed by atoms with Crippen LogP contribution in [0.5, 0.6) is 11.5 Å². The third kappa shape index (κ3) is 11.2. The van der Waals surface area contributed by atoms with Crippen molar-refractivity contribution in [2.24, 2.45) is 0 Å². The van der Waals surface area contributed by atoms with Crippen molar-refractivity contribution in [2.75, 3.05) is 14.2 Å². The summed E-state index contributed by atoms with van der Waals surface area (Å²) in [5.74, 6) is 2.25. The van der Waals surface area contributed by atoms with Crippen molar-refractivity contribution in [2.45, 2.75) is 89.2 Å². The van der Waals surface area contributed by atoms with E-state index in [0.717, 1.165) is 33.4 Å². The number of rotatable bonds is 16. The largest absolute Gasteiger partial charge is 0.495 e. The van der Waals surface area contributed by atoms with Gasteiger partial charge in [0.1, 0.15) is 34.7 Å². The van der Waals surface area contributed by atoms with Gasteiger partial charge < -0.3 is 9.47 Å². The quantitative estimate of drug-likeness (QED) is 0.0904. The molecule has 0 amide bonds. The average molecular weight is 985 g/mol. The van der Waals surface area contributed by atoms with Crippen molar-refractivity contribution in [1.29, 1.82) is 0 Å². The molecule has 0 aliphatic carbocycles. The molecule has 0 unspecified atom stereocenters. The lowest BCUT2D eigenvalue weighted by atomic mass is 10.1. The van der Waals surface area contributed by atoms with Gasteiger partial charge in [-0.05, 0) is 100 Å². The maximum atomic E-state index is 13.5. The van der Waals surface area contributed by atoms with Crippen LogP contribution in [0.25, 0.3) is 34.2 Å². The Labute approximate surface area is 408 Å². The van der Waals surface area contributed by atoms with E-state index in [0.29, 0.717) is 46.2 Å². The Morgan fingerprint density at radius 1 is 0.486 bits per heavy atom. The Balaban J connectivity index is 0.000000206. The molecule has 70 heavy (non-hydrogen) atoms. The van der Waals surface area contributed by atoms with Crippen LogP contribution in [0.15, 0.2) is 110 Å². The minimum atomic E-state index is -3.66. The molecule has 18 nitrogen and oxygen atoms in total. The number of pyridine rings is 2. The summed E-state index contributed by atoms with van der Waals surface area (Å²) in [4.78, 5) is 25.8. The molecule has 8 aromatic rings. The van der Waals surface area contributed by atoms with Gasteiger partial charge in [0, 0.05) is 72.5 Å². The number of methoxy groups -OCH3 is 2. The molecule has 0 saturated heterocycles. The van der Waals surface area contributed by atoms with Crippen LogP contribution < -0.4 is 9.47 Å². The predicted molar refractivity (Wildman–Crippen MR) is 266 cm³/mol. The Morgan fingerprint density at radius 3 is 1.19 bits per heavy atom. The zero-order valence-electron chi connectivity index (χ0n) is 40.7. The van der Waals surface area contributed by atoms with Gasteiger partial charge >= 0.3 is 0 Å². The molecule has 20 heteroatoms. The molecule has 0 aliphatic rings. The molecule has 4 atom stereocenters. The number of ether oxygens (including phenoxy) is 2. The van der Waals surface area contributed by atoms with Crippen molar-refractivity contribution in [3.8, 4) is 45.6 Å². The standard InChI is InChI=1S/2C25H28N6O3S/c2*1-16-10-20(14-26-11-16)25-30-29-23(31(25)21-8-6-7-9-22(21)34-5)15-35(32,33)19(4)18(3)24-27-12-17(2)13-28-24/h2*6-14,18-19H,15H2,1-5H3/t2*18-,19-/m00/s1. The smallest absolute Gasteiger partial charge is 0.170 e. The summed E-state index contributed by atoms with van der Waals surface area (Å²) in [7, 11) is -4.18. The van der Waals surface area contributed by atoms with Gasteiger partial charge in [-0.3, -0.25) is 19.1 Å². The van der Waals surface area contributed by atoms with E-state index in [1.54, 1.807) is 86.8 Å². The maximum Gasteiger partial charge on any atom is 0.170 e. The van der Waals surface area contributed by atoms with Crippen molar-refractivity contribution >= 4 is 19.7 Å². The summed E-state index contributed by atoms with van der Waals surface area (Å²) in [6, 6.07) is 18.6. The topological polar surface area (TPSA) is 225 Å². The molecule has 0 aliphatic heterocycles. The number of aryl methyl sites for hydroxylation is 4. The fourth-order valence-electron chi connectivity index (χ4n) is 7.62. The average Bonchev–Trinajstić information content (AvgIpc) is 3.97. The summed E-state index contributed by atoms with van der Waals surface area (Å²) in [5, 5.41) is 15.9. The van der Waals surface area contributed by atoms with Crippen LogP contribution >= 0.6 is 0 Å². The van der Waals surface area contributed by atoms with Gasteiger partial charge in [-0.15, -0.1) is 20.4 Å². The molecule has 0 radical (unpaired) electrons. The van der Waals surface area contributed by atoms with Crippen molar-refractivity contribution in [3.63, 3.8) is 0 Å². The fourth-order valence-corrected chi connectivity index (χ4v) is 10.7. The molecule has 0 saturated carbocycles. The monoisotopic (exact) mass is 984 g/mol. The van der Waals surface area contributed by atoms with Gasteiger partial charge in [0.2, 0.25) is 0 Å². The Bertz CT molecular complexity index is 3090. The number of aromatic nitrogens is 12. The fraction of sp³-hybridized carbons (Fsp3) is 0.320. The van der Waals surface area contributed by atoms with E-state index in [1.165, 1.54) is 0 Å². The SMILES string of the molecule is COc1ccccc1-n1c(CS(=O)(=O)[C@@H](C)[C@H](C)c2ncc(C)cn2)nnc1-c1cncc(C)c1.COc1ccccc1-n1c(CS(=O)(=O)[C@@H](C)[C@H](C)c2ncc(C)cn2)nnc1-c1cncc(C)c1. The van der Waals surface area contributed by atoms with E-state index in [1.807, 2.05) is 102 Å². The molecule has 0 bridgehead atoms. The van der Waals surface area contributed by atoms with Gasteiger partial charge in [-0.1, -0.05) is 38.1 Å². The first-order valence-corrected chi connectivity index (χ1v) is 25.8. The van der Waals surface area contributed by atoms with Crippen LogP contribution in [0.3, 0.4) is 0 Å². The Morgan fingerprint density at radius 2 is 0.843 bits per heavy atom. The molecular formula is C50H56N12O6S2. The number of para-hydroxylation sites is 4. The second-order valence-corrected chi connectivity index (χ2v) is 22.0. The first-order valence-electron chi connectivity index (χ1n) is 22.4. The zero-order valence-corrected chi connectivity index (χ0v) is 42.4. The Kier molecular flexibility index (Phi) is 15.6. The summed E-state index contributed by atoms with van der Waals surface area (Å²) in [6.07, 6.45) is 13.6. The molecule has 0 spiro atoms. The first-order chi connectivity index (χ1) is 33.4. The first kappa shape index (κ1) is 50.6. The van der Waals surface area contributed by atoms with Crippen molar-refractivity contribution in [1.82, 2.24) is 59.4 Å². The van der Waals surface area contributed by atoms with Crippen LogP contribution in [-0.2, 0) is 31.2 Å². The molecular weight excluding hydrogens is 929 g/mol. The minimum absolute atomic E-state index is 0.287. The molecule has 8 rings (SSSR count). The summed E-state index contributed by atoms with van der Waals surface area (Å²) in [5.41, 5.74) is 6.47. The highest BCUT2D eigenvalue weighted by Crippen LogP contribution is 2.33. The van der Waals surface area contributed by atoms with E-state index in [9.17, 15) is 16.8 Å². The molecule has 364 valence electrons. The second-order valence-electron chi connectivity index (χ2n) is 17.2.